The van der Waals surface area contributed by atoms with Crippen LogP contribution in [0.2, 0.25) is 0 Å². The maximum absolute atomic E-state index is 12.6. The summed E-state index contributed by atoms with van der Waals surface area (Å²) in [5.41, 5.74) is 1.12. The lowest BCUT2D eigenvalue weighted by Gasteiger charge is -2.34. The molecule has 2 amide bonds. The van der Waals surface area contributed by atoms with E-state index in [4.69, 9.17) is 0 Å². The summed E-state index contributed by atoms with van der Waals surface area (Å²) in [4.78, 5) is 26.4. The summed E-state index contributed by atoms with van der Waals surface area (Å²) in [7, 11) is 0. The van der Waals surface area contributed by atoms with Crippen molar-refractivity contribution in [3.8, 4) is 0 Å². The second-order valence-corrected chi connectivity index (χ2v) is 5.39. The smallest absolute Gasteiger partial charge is 0.254 e. The van der Waals surface area contributed by atoms with Gasteiger partial charge in [-0.15, -0.1) is 0 Å². The summed E-state index contributed by atoms with van der Waals surface area (Å²) < 4.78 is 0. The maximum atomic E-state index is 12.6. The van der Waals surface area contributed by atoms with Crippen LogP contribution in [-0.2, 0) is 0 Å². The predicted molar refractivity (Wildman–Crippen MR) is 82.4 cm³/mol. The molecule has 5 heteroatoms. The van der Waals surface area contributed by atoms with Crippen LogP contribution < -0.4 is 10.6 Å². The molecule has 0 unspecified atom stereocenters. The maximum Gasteiger partial charge on any atom is 0.254 e. The highest BCUT2D eigenvalue weighted by Gasteiger charge is 2.24. The number of carbonyl (C=O) groups excluding carboxylic acids is 2. The Balaban J connectivity index is 2.12. The molecule has 1 aromatic carbocycles. The Labute approximate surface area is 125 Å². The van der Waals surface area contributed by atoms with Gasteiger partial charge in [0.15, 0.2) is 0 Å². The first kappa shape index (κ1) is 15.5. The average Bonchev–Trinajstić information content (AvgIpc) is 2.52. The van der Waals surface area contributed by atoms with Crippen molar-refractivity contribution in [3.63, 3.8) is 0 Å². The summed E-state index contributed by atoms with van der Waals surface area (Å²) >= 11 is 0. The molecule has 0 radical (unpaired) electrons. The number of hydrogen-bond donors (Lipinski definition) is 2. The minimum atomic E-state index is -0.125. The van der Waals surface area contributed by atoms with Crippen LogP contribution in [0, 0.1) is 0 Å². The van der Waals surface area contributed by atoms with Crippen molar-refractivity contribution in [2.24, 2.45) is 0 Å². The first-order chi connectivity index (χ1) is 10.1. The summed E-state index contributed by atoms with van der Waals surface area (Å²) in [5.74, 6) is -0.131. The number of nitrogens with zero attached hydrogens (tertiary/aromatic N) is 1. The number of piperazine rings is 1. The van der Waals surface area contributed by atoms with Gasteiger partial charge in [-0.2, -0.15) is 0 Å². The Morgan fingerprint density at radius 3 is 2.86 bits per heavy atom. The molecule has 0 bridgehead atoms. The Morgan fingerprint density at radius 2 is 2.14 bits per heavy atom. The largest absolute Gasteiger partial charge is 0.352 e. The lowest BCUT2D eigenvalue weighted by molar-refractivity contribution is 0.0656. The molecule has 1 aliphatic heterocycles. The first-order valence-corrected chi connectivity index (χ1v) is 7.53. The van der Waals surface area contributed by atoms with E-state index < -0.39 is 0 Å². The van der Waals surface area contributed by atoms with Gasteiger partial charge in [-0.3, -0.25) is 9.59 Å². The minimum absolute atomic E-state index is 0.00542. The number of carbonyl (C=O) groups is 2. The molecule has 0 spiro atoms. The Bertz CT molecular complexity index is 516. The zero-order valence-corrected chi connectivity index (χ0v) is 12.7. The van der Waals surface area contributed by atoms with Gasteiger partial charge in [0, 0.05) is 43.3 Å². The van der Waals surface area contributed by atoms with E-state index in [2.05, 4.69) is 10.6 Å². The number of benzene rings is 1. The molecule has 1 saturated heterocycles. The van der Waals surface area contributed by atoms with Crippen molar-refractivity contribution < 1.29 is 9.59 Å². The Hall–Kier alpha value is -1.88. The van der Waals surface area contributed by atoms with Gasteiger partial charge >= 0.3 is 0 Å². The molecule has 5 nitrogen and oxygen atoms in total. The van der Waals surface area contributed by atoms with E-state index in [9.17, 15) is 9.59 Å². The zero-order chi connectivity index (χ0) is 15.2. The third kappa shape index (κ3) is 3.82. The SMILES string of the molecule is CCCNC(=O)c1cccc(C(=O)N2CCNC[C@@H]2C)c1. The molecule has 2 N–H and O–H groups in total. The summed E-state index contributed by atoms with van der Waals surface area (Å²) in [6, 6.07) is 7.13. The van der Waals surface area contributed by atoms with E-state index in [1.54, 1.807) is 24.3 Å². The molecule has 1 aromatic rings. The third-order valence-electron chi connectivity index (χ3n) is 3.67. The van der Waals surface area contributed by atoms with E-state index in [1.807, 2.05) is 18.7 Å². The fourth-order valence-corrected chi connectivity index (χ4v) is 2.44. The number of hydrogen-bond acceptors (Lipinski definition) is 3. The topological polar surface area (TPSA) is 61.4 Å². The first-order valence-electron chi connectivity index (χ1n) is 7.53. The zero-order valence-electron chi connectivity index (χ0n) is 12.7. The van der Waals surface area contributed by atoms with Crippen molar-refractivity contribution >= 4 is 11.8 Å². The monoisotopic (exact) mass is 289 g/mol. The number of rotatable bonds is 4. The van der Waals surface area contributed by atoms with Gasteiger partial charge in [-0.25, -0.2) is 0 Å². The highest BCUT2D eigenvalue weighted by atomic mass is 16.2. The van der Waals surface area contributed by atoms with Crippen LogP contribution in [0.3, 0.4) is 0 Å². The average molecular weight is 289 g/mol. The fourth-order valence-electron chi connectivity index (χ4n) is 2.44. The summed E-state index contributed by atoms with van der Waals surface area (Å²) in [5, 5.41) is 6.09. The second-order valence-electron chi connectivity index (χ2n) is 5.39. The molecule has 0 saturated carbocycles. The van der Waals surface area contributed by atoms with E-state index >= 15 is 0 Å². The van der Waals surface area contributed by atoms with Crippen molar-refractivity contribution in [2.45, 2.75) is 26.3 Å². The summed E-state index contributed by atoms with van der Waals surface area (Å²) in [6.07, 6.45) is 0.892. The van der Waals surface area contributed by atoms with Gasteiger partial charge in [-0.05, 0) is 31.5 Å². The predicted octanol–water partition coefficient (Wildman–Crippen LogP) is 1.26. The molecular formula is C16H23N3O2. The molecule has 114 valence electrons. The van der Waals surface area contributed by atoms with Crippen LogP contribution in [0.15, 0.2) is 24.3 Å². The quantitative estimate of drug-likeness (QED) is 0.877. The minimum Gasteiger partial charge on any atom is -0.352 e. The fraction of sp³-hybridized carbons (Fsp3) is 0.500. The van der Waals surface area contributed by atoms with Gasteiger partial charge in [0.1, 0.15) is 0 Å². The Morgan fingerprint density at radius 1 is 1.38 bits per heavy atom. The van der Waals surface area contributed by atoms with Gasteiger partial charge in [-0.1, -0.05) is 13.0 Å². The van der Waals surface area contributed by atoms with E-state index in [1.165, 1.54) is 0 Å². The second kappa shape index (κ2) is 7.22. The van der Waals surface area contributed by atoms with Gasteiger partial charge in [0.25, 0.3) is 11.8 Å². The molecule has 1 aliphatic rings. The molecule has 21 heavy (non-hydrogen) atoms. The van der Waals surface area contributed by atoms with Gasteiger partial charge < -0.3 is 15.5 Å². The third-order valence-corrected chi connectivity index (χ3v) is 3.67. The van der Waals surface area contributed by atoms with Crippen molar-refractivity contribution in [2.75, 3.05) is 26.2 Å². The highest BCUT2D eigenvalue weighted by Crippen LogP contribution is 2.12. The van der Waals surface area contributed by atoms with Crippen LogP contribution in [0.4, 0.5) is 0 Å². The number of nitrogens with one attached hydrogen (secondary N) is 2. The molecular weight excluding hydrogens is 266 g/mol. The van der Waals surface area contributed by atoms with Crippen molar-refractivity contribution in [1.29, 1.82) is 0 Å². The molecule has 1 atom stereocenters. The van der Waals surface area contributed by atoms with E-state index in [-0.39, 0.29) is 17.9 Å². The molecule has 1 heterocycles. The van der Waals surface area contributed by atoms with Gasteiger partial charge in [0.2, 0.25) is 0 Å². The van der Waals surface area contributed by atoms with Crippen LogP contribution in [-0.4, -0.2) is 48.9 Å². The highest BCUT2D eigenvalue weighted by molar-refractivity contribution is 5.99. The van der Waals surface area contributed by atoms with Crippen molar-refractivity contribution in [3.05, 3.63) is 35.4 Å². The van der Waals surface area contributed by atoms with Crippen LogP contribution in [0.25, 0.3) is 0 Å². The van der Waals surface area contributed by atoms with Crippen LogP contribution in [0.5, 0.6) is 0 Å². The lowest BCUT2D eigenvalue weighted by Crippen LogP contribution is -2.52. The van der Waals surface area contributed by atoms with Gasteiger partial charge in [0.05, 0.1) is 0 Å². The van der Waals surface area contributed by atoms with Crippen molar-refractivity contribution in [1.82, 2.24) is 15.5 Å². The van der Waals surface area contributed by atoms with Crippen LogP contribution in [0.1, 0.15) is 41.0 Å². The number of amides is 2. The molecule has 0 aliphatic carbocycles. The van der Waals surface area contributed by atoms with Crippen LogP contribution >= 0.6 is 0 Å². The standard InChI is InChI=1S/C16H23N3O2/c1-3-7-18-15(20)13-5-4-6-14(10-13)16(21)19-9-8-17-11-12(19)2/h4-6,10,12,17H,3,7-9,11H2,1-2H3,(H,18,20)/t12-/m0/s1. The normalized spacial score (nSPS) is 18.4. The summed E-state index contributed by atoms with van der Waals surface area (Å²) in [6.45, 7) is 7.00. The lowest BCUT2D eigenvalue weighted by atomic mass is 10.1. The van der Waals surface area contributed by atoms with E-state index in [0.717, 1.165) is 19.5 Å². The molecule has 2 rings (SSSR count). The Kier molecular flexibility index (Phi) is 5.33. The molecule has 0 aromatic heterocycles. The molecule has 1 fully saturated rings. The van der Waals surface area contributed by atoms with E-state index in [0.29, 0.717) is 24.2 Å².